The maximum absolute atomic E-state index is 13.1. The summed E-state index contributed by atoms with van der Waals surface area (Å²) in [5.41, 5.74) is 1.43. The van der Waals surface area contributed by atoms with Crippen molar-refractivity contribution in [2.24, 2.45) is 0 Å². The fourth-order valence-electron chi connectivity index (χ4n) is 1.59. The molecule has 18 heavy (non-hydrogen) atoms. The van der Waals surface area contributed by atoms with E-state index in [1.165, 1.54) is 12.1 Å². The lowest BCUT2D eigenvalue weighted by atomic mass is 10.0. The van der Waals surface area contributed by atoms with Gasteiger partial charge in [-0.15, -0.1) is 0 Å². The van der Waals surface area contributed by atoms with E-state index < -0.39 is 0 Å². The van der Waals surface area contributed by atoms with Crippen molar-refractivity contribution in [3.05, 3.63) is 68.4 Å². The molecule has 0 N–H and O–H groups in total. The Bertz CT molecular complexity index is 572. The lowest BCUT2D eigenvalue weighted by Gasteiger charge is -2.04. The van der Waals surface area contributed by atoms with Crippen LogP contribution in [0.2, 0.25) is 5.02 Å². The van der Waals surface area contributed by atoms with Crippen LogP contribution in [0, 0.1) is 12.7 Å². The molecule has 0 aromatic heterocycles. The standard InChI is InChI=1S/C14H9BrClFO/c1-8-6-9(3-5-13(8)17)14(18)10-2-4-12(16)11(15)7-10/h2-7H,1H3. The largest absolute Gasteiger partial charge is 0.289 e. The van der Waals surface area contributed by atoms with Crippen LogP contribution in [-0.4, -0.2) is 5.78 Å². The molecule has 0 atom stereocenters. The van der Waals surface area contributed by atoms with Crippen LogP contribution in [0.15, 0.2) is 40.9 Å². The first-order valence-corrected chi connectivity index (χ1v) is 6.42. The minimum atomic E-state index is -0.316. The van der Waals surface area contributed by atoms with E-state index in [2.05, 4.69) is 15.9 Å². The number of halogens is 3. The van der Waals surface area contributed by atoms with E-state index in [0.717, 1.165) is 0 Å². The topological polar surface area (TPSA) is 17.1 Å². The van der Waals surface area contributed by atoms with Gasteiger partial charge < -0.3 is 0 Å². The lowest BCUT2D eigenvalue weighted by Crippen LogP contribution is -2.02. The summed E-state index contributed by atoms with van der Waals surface area (Å²) < 4.78 is 13.8. The normalized spacial score (nSPS) is 10.4. The van der Waals surface area contributed by atoms with E-state index in [4.69, 9.17) is 11.6 Å². The zero-order valence-corrected chi connectivity index (χ0v) is 11.8. The minimum Gasteiger partial charge on any atom is -0.289 e. The van der Waals surface area contributed by atoms with Gasteiger partial charge in [-0.05, 0) is 64.8 Å². The smallest absolute Gasteiger partial charge is 0.193 e. The van der Waals surface area contributed by atoms with Crippen LogP contribution in [0.1, 0.15) is 21.5 Å². The molecule has 2 aromatic rings. The van der Waals surface area contributed by atoms with Crippen LogP contribution in [0.25, 0.3) is 0 Å². The Morgan fingerprint density at radius 2 is 1.78 bits per heavy atom. The third-order valence-electron chi connectivity index (χ3n) is 2.60. The van der Waals surface area contributed by atoms with Gasteiger partial charge in [0.1, 0.15) is 5.82 Å². The van der Waals surface area contributed by atoms with E-state index in [0.29, 0.717) is 26.2 Å². The highest BCUT2D eigenvalue weighted by atomic mass is 79.9. The third kappa shape index (κ3) is 2.62. The maximum Gasteiger partial charge on any atom is 0.193 e. The molecule has 0 aliphatic carbocycles. The van der Waals surface area contributed by atoms with Crippen molar-refractivity contribution >= 4 is 33.3 Å². The number of aryl methyl sites for hydroxylation is 1. The summed E-state index contributed by atoms with van der Waals surface area (Å²) in [5, 5.41) is 0.543. The molecule has 2 rings (SSSR count). The van der Waals surface area contributed by atoms with Crippen molar-refractivity contribution in [1.82, 2.24) is 0 Å². The van der Waals surface area contributed by atoms with Gasteiger partial charge >= 0.3 is 0 Å². The highest BCUT2D eigenvalue weighted by Gasteiger charge is 2.11. The molecule has 2 aromatic carbocycles. The molecule has 0 saturated carbocycles. The number of benzene rings is 2. The molecule has 92 valence electrons. The van der Waals surface area contributed by atoms with Crippen LogP contribution in [0.3, 0.4) is 0 Å². The van der Waals surface area contributed by atoms with Gasteiger partial charge in [0.15, 0.2) is 5.78 Å². The SMILES string of the molecule is Cc1cc(C(=O)c2ccc(Cl)c(Br)c2)ccc1F. The second-order valence-corrected chi connectivity index (χ2v) is 5.18. The summed E-state index contributed by atoms with van der Waals surface area (Å²) in [5.74, 6) is -0.473. The van der Waals surface area contributed by atoms with Gasteiger partial charge in [0.2, 0.25) is 0 Å². The average molecular weight is 328 g/mol. The Kier molecular flexibility index (Phi) is 3.83. The minimum absolute atomic E-state index is 0.157. The van der Waals surface area contributed by atoms with Gasteiger partial charge in [0.25, 0.3) is 0 Å². The van der Waals surface area contributed by atoms with Crippen molar-refractivity contribution in [2.45, 2.75) is 6.92 Å². The van der Waals surface area contributed by atoms with E-state index >= 15 is 0 Å². The summed E-state index contributed by atoms with van der Waals surface area (Å²) in [7, 11) is 0. The quantitative estimate of drug-likeness (QED) is 0.725. The first-order valence-electron chi connectivity index (χ1n) is 5.25. The fraction of sp³-hybridized carbons (Fsp3) is 0.0714. The van der Waals surface area contributed by atoms with Crippen LogP contribution >= 0.6 is 27.5 Å². The van der Waals surface area contributed by atoms with E-state index in [1.54, 1.807) is 31.2 Å². The van der Waals surface area contributed by atoms with Crippen LogP contribution in [0.4, 0.5) is 4.39 Å². The monoisotopic (exact) mass is 326 g/mol. The first kappa shape index (κ1) is 13.2. The second kappa shape index (κ2) is 5.21. The van der Waals surface area contributed by atoms with Crippen LogP contribution in [0.5, 0.6) is 0 Å². The van der Waals surface area contributed by atoms with Crippen molar-refractivity contribution in [1.29, 1.82) is 0 Å². The Hall–Kier alpha value is -1.19. The molecule has 1 nitrogen and oxygen atoms in total. The zero-order valence-electron chi connectivity index (χ0n) is 9.51. The van der Waals surface area contributed by atoms with Gasteiger partial charge in [-0.2, -0.15) is 0 Å². The number of hydrogen-bond acceptors (Lipinski definition) is 1. The molecule has 0 radical (unpaired) electrons. The molecule has 0 fully saturated rings. The Morgan fingerprint density at radius 3 is 2.39 bits per heavy atom. The Balaban J connectivity index is 2.41. The molecule has 0 amide bonds. The zero-order chi connectivity index (χ0) is 13.3. The van der Waals surface area contributed by atoms with Gasteiger partial charge in [-0.1, -0.05) is 11.6 Å². The molecule has 0 saturated heterocycles. The molecular weight excluding hydrogens is 319 g/mol. The van der Waals surface area contributed by atoms with E-state index in [1.807, 2.05) is 0 Å². The van der Waals surface area contributed by atoms with Crippen molar-refractivity contribution in [2.75, 3.05) is 0 Å². The number of ketones is 1. The number of hydrogen-bond donors (Lipinski definition) is 0. The van der Waals surface area contributed by atoms with Crippen LogP contribution < -0.4 is 0 Å². The van der Waals surface area contributed by atoms with Gasteiger partial charge in [0.05, 0.1) is 5.02 Å². The highest BCUT2D eigenvalue weighted by Crippen LogP contribution is 2.24. The fourth-order valence-corrected chi connectivity index (χ4v) is 2.09. The molecule has 0 aliphatic heterocycles. The predicted octanol–water partition coefficient (Wildman–Crippen LogP) is 4.78. The molecule has 0 aliphatic rings. The molecule has 4 heteroatoms. The first-order chi connectivity index (χ1) is 8.49. The molecule has 0 unspecified atom stereocenters. The van der Waals surface area contributed by atoms with Gasteiger partial charge in [-0.3, -0.25) is 4.79 Å². The number of carbonyl (C=O) groups is 1. The van der Waals surface area contributed by atoms with Gasteiger partial charge in [0, 0.05) is 15.6 Å². The summed E-state index contributed by atoms with van der Waals surface area (Å²) in [6, 6.07) is 9.27. The predicted molar refractivity (Wildman–Crippen MR) is 73.7 cm³/mol. The Morgan fingerprint density at radius 1 is 1.17 bits per heavy atom. The molecular formula is C14H9BrClFO. The lowest BCUT2D eigenvalue weighted by molar-refractivity contribution is 0.103. The Labute approximate surface area is 118 Å². The summed E-state index contributed by atoms with van der Waals surface area (Å²) in [6.07, 6.45) is 0. The second-order valence-electron chi connectivity index (χ2n) is 3.92. The summed E-state index contributed by atoms with van der Waals surface area (Å²) in [4.78, 5) is 12.2. The average Bonchev–Trinajstić information content (AvgIpc) is 2.35. The molecule has 0 heterocycles. The maximum atomic E-state index is 13.1. The van der Waals surface area contributed by atoms with Crippen molar-refractivity contribution in [3.8, 4) is 0 Å². The highest BCUT2D eigenvalue weighted by molar-refractivity contribution is 9.10. The number of rotatable bonds is 2. The summed E-state index contributed by atoms with van der Waals surface area (Å²) in [6.45, 7) is 1.63. The molecule has 0 spiro atoms. The van der Waals surface area contributed by atoms with E-state index in [9.17, 15) is 9.18 Å². The third-order valence-corrected chi connectivity index (χ3v) is 3.82. The van der Waals surface area contributed by atoms with Crippen molar-refractivity contribution < 1.29 is 9.18 Å². The van der Waals surface area contributed by atoms with Crippen LogP contribution in [-0.2, 0) is 0 Å². The number of carbonyl (C=O) groups excluding carboxylic acids is 1. The van der Waals surface area contributed by atoms with E-state index in [-0.39, 0.29) is 11.6 Å². The molecule has 0 bridgehead atoms. The summed E-state index contributed by atoms with van der Waals surface area (Å²) >= 11 is 9.14. The van der Waals surface area contributed by atoms with Gasteiger partial charge in [-0.25, -0.2) is 4.39 Å². The van der Waals surface area contributed by atoms with Crippen molar-refractivity contribution in [3.63, 3.8) is 0 Å².